The maximum atomic E-state index is 13.6. The molecule has 1 aromatic carbocycles. The van der Waals surface area contributed by atoms with E-state index in [9.17, 15) is 19.5 Å². The summed E-state index contributed by atoms with van der Waals surface area (Å²) in [5.41, 5.74) is 8.23. The number of piperazine rings is 1. The minimum atomic E-state index is -0.355. The fourth-order valence-corrected chi connectivity index (χ4v) is 5.15. The molecule has 4 N–H and O–H groups in total. The second kappa shape index (κ2) is 16.2. The van der Waals surface area contributed by atoms with Gasteiger partial charge in [-0.2, -0.15) is 9.97 Å². The number of anilines is 1. The van der Waals surface area contributed by atoms with Gasteiger partial charge in [-0.25, -0.2) is 4.79 Å². The van der Waals surface area contributed by atoms with Gasteiger partial charge in [-0.05, 0) is 24.0 Å². The molecule has 1 fully saturated rings. The number of esters is 1. The van der Waals surface area contributed by atoms with Crippen LogP contribution in [0, 0.1) is 0 Å². The van der Waals surface area contributed by atoms with Crippen molar-refractivity contribution in [2.45, 2.75) is 45.7 Å². The second-order valence-corrected chi connectivity index (χ2v) is 11.0. The number of carbonyl (C=O) groups excluding carboxylic acids is 2. The van der Waals surface area contributed by atoms with Crippen LogP contribution in [0.2, 0.25) is 0 Å². The zero-order valence-electron chi connectivity index (χ0n) is 25.7. The minimum Gasteiger partial charge on any atom is -0.469 e. The number of nitrogens with zero attached hydrogens (tertiary/aromatic N) is 6. The van der Waals surface area contributed by atoms with Gasteiger partial charge in [-0.15, -0.1) is 0 Å². The molecule has 240 valence electrons. The molecule has 0 aliphatic carbocycles. The number of ether oxygens (including phenoxy) is 2. The zero-order valence-corrected chi connectivity index (χ0v) is 25.7. The molecule has 2 aromatic heterocycles. The van der Waals surface area contributed by atoms with Crippen molar-refractivity contribution in [2.75, 3.05) is 71.9 Å². The van der Waals surface area contributed by atoms with Crippen molar-refractivity contribution in [2.24, 2.45) is 0 Å². The summed E-state index contributed by atoms with van der Waals surface area (Å²) in [7, 11) is 1.36. The number of aliphatic hydroxyl groups is 1. The van der Waals surface area contributed by atoms with Crippen LogP contribution in [0.15, 0.2) is 29.1 Å². The highest BCUT2D eigenvalue weighted by Crippen LogP contribution is 2.18. The van der Waals surface area contributed by atoms with Gasteiger partial charge in [0.2, 0.25) is 5.91 Å². The maximum Gasteiger partial charge on any atom is 0.327 e. The molecule has 0 unspecified atom stereocenters. The van der Waals surface area contributed by atoms with Crippen LogP contribution in [0.25, 0.3) is 11.2 Å². The van der Waals surface area contributed by atoms with Crippen LogP contribution in [0.1, 0.15) is 37.3 Å². The molecule has 4 rings (SSSR count). The lowest BCUT2D eigenvalue weighted by Gasteiger charge is -2.35. The summed E-state index contributed by atoms with van der Waals surface area (Å²) in [6.45, 7) is 7.74. The lowest BCUT2D eigenvalue weighted by Crippen LogP contribution is -2.50. The summed E-state index contributed by atoms with van der Waals surface area (Å²) in [6.07, 6.45) is 2.48. The topological polar surface area (TPSA) is 172 Å². The number of hydrogen-bond acceptors (Lipinski definition) is 11. The van der Waals surface area contributed by atoms with Crippen molar-refractivity contribution in [3.8, 4) is 6.01 Å². The van der Waals surface area contributed by atoms with Gasteiger partial charge >= 0.3 is 17.7 Å². The zero-order chi connectivity index (χ0) is 31.5. The summed E-state index contributed by atoms with van der Waals surface area (Å²) in [5.74, 6) is -0.180. The Kier molecular flexibility index (Phi) is 12.1. The number of carbonyl (C=O) groups is 2. The number of H-pyrrole nitrogens is 1. The molecule has 14 heteroatoms. The van der Waals surface area contributed by atoms with Gasteiger partial charge in [0.1, 0.15) is 5.52 Å². The molecule has 44 heavy (non-hydrogen) atoms. The highest BCUT2D eigenvalue weighted by molar-refractivity contribution is 5.82. The van der Waals surface area contributed by atoms with Gasteiger partial charge in [0.05, 0.1) is 33.3 Å². The van der Waals surface area contributed by atoms with Gasteiger partial charge in [0.15, 0.2) is 11.5 Å². The summed E-state index contributed by atoms with van der Waals surface area (Å²) in [5, 5.41) is 9.23. The molecule has 0 bridgehead atoms. The molecule has 0 radical (unpaired) electrons. The third kappa shape index (κ3) is 9.00. The summed E-state index contributed by atoms with van der Waals surface area (Å²) in [6, 6.07) is 7.69. The Bertz CT molecular complexity index is 1430. The number of aromatic amines is 1. The number of rotatable bonds is 16. The van der Waals surface area contributed by atoms with Crippen LogP contribution in [-0.2, 0) is 33.8 Å². The summed E-state index contributed by atoms with van der Waals surface area (Å²) < 4.78 is 11.9. The first-order valence-electron chi connectivity index (χ1n) is 15.2. The van der Waals surface area contributed by atoms with Gasteiger partial charge in [-0.1, -0.05) is 37.6 Å². The number of nitrogens with two attached hydrogens (primary N) is 1. The number of aliphatic hydroxyl groups excluding tert-OH is 1. The highest BCUT2D eigenvalue weighted by Gasteiger charge is 2.22. The fraction of sp³-hybridized carbons (Fsp3) is 0.567. The molecule has 3 aromatic rings. The van der Waals surface area contributed by atoms with Crippen molar-refractivity contribution >= 4 is 28.9 Å². The van der Waals surface area contributed by atoms with Gasteiger partial charge in [0.25, 0.3) is 0 Å². The number of β-amino-alcohol motifs (C(OH)–C–C–N with tert-alkyl or cyclic N) is 1. The van der Waals surface area contributed by atoms with E-state index in [0.29, 0.717) is 50.4 Å². The molecular formula is C30H44N8O6. The number of hydrogen-bond donors (Lipinski definition) is 3. The average molecular weight is 613 g/mol. The second-order valence-electron chi connectivity index (χ2n) is 11.0. The van der Waals surface area contributed by atoms with Gasteiger partial charge in [0, 0.05) is 52.4 Å². The standard InChI is InChI=1S/C30H44N8O6/c1-3-4-18-44-29-33-27(31)26-28(34-29)38(30(42)32-26)11-5-10-37(20-23-8-6-22(7-9-23)19-25(41)43-2)24(40)21-36-14-12-35(13-15-36)16-17-39/h6-9,39H,3-5,10-21H2,1-2H3,(H,32,42)(H2,31,33,34). The predicted molar refractivity (Wildman–Crippen MR) is 165 cm³/mol. The van der Waals surface area contributed by atoms with Crippen molar-refractivity contribution in [3.63, 3.8) is 0 Å². The number of fused-ring (bicyclic) bond motifs is 1. The molecule has 14 nitrogen and oxygen atoms in total. The van der Waals surface area contributed by atoms with Crippen LogP contribution in [0.4, 0.5) is 5.82 Å². The SMILES string of the molecule is CCCCOc1nc(N)c2[nH]c(=O)n(CCCN(Cc3ccc(CC(=O)OC)cc3)C(=O)CN3CCN(CCO)CC3)c2n1. The molecule has 1 aliphatic heterocycles. The van der Waals surface area contributed by atoms with E-state index in [1.807, 2.05) is 24.3 Å². The molecular weight excluding hydrogens is 568 g/mol. The van der Waals surface area contributed by atoms with Crippen LogP contribution in [-0.4, -0.2) is 117 Å². The smallest absolute Gasteiger partial charge is 0.327 e. The molecule has 1 saturated heterocycles. The van der Waals surface area contributed by atoms with E-state index in [1.54, 1.807) is 4.90 Å². The normalized spacial score (nSPS) is 14.2. The van der Waals surface area contributed by atoms with E-state index < -0.39 is 0 Å². The Morgan fingerprint density at radius 2 is 1.75 bits per heavy atom. The number of aryl methyl sites for hydroxylation is 1. The van der Waals surface area contributed by atoms with Crippen LogP contribution >= 0.6 is 0 Å². The number of amides is 1. The maximum absolute atomic E-state index is 13.6. The lowest BCUT2D eigenvalue weighted by atomic mass is 10.1. The number of imidazole rings is 1. The number of benzene rings is 1. The Labute approximate surface area is 256 Å². The summed E-state index contributed by atoms with van der Waals surface area (Å²) in [4.78, 5) is 55.6. The number of unbranched alkanes of at least 4 members (excludes halogenated alkanes) is 1. The van der Waals surface area contributed by atoms with Crippen molar-refractivity contribution in [1.82, 2.24) is 34.2 Å². The van der Waals surface area contributed by atoms with Crippen molar-refractivity contribution in [3.05, 3.63) is 45.9 Å². The summed E-state index contributed by atoms with van der Waals surface area (Å²) >= 11 is 0. The first-order valence-corrected chi connectivity index (χ1v) is 15.2. The number of nitrogens with one attached hydrogen (secondary N) is 1. The van der Waals surface area contributed by atoms with Gasteiger partial charge in [-0.3, -0.25) is 24.0 Å². The molecule has 0 atom stereocenters. The van der Waals surface area contributed by atoms with Gasteiger partial charge < -0.3 is 30.2 Å². The molecule has 0 saturated carbocycles. The monoisotopic (exact) mass is 612 g/mol. The Hall–Kier alpha value is -4.01. The minimum absolute atomic E-state index is 0.0105. The molecule has 1 amide bonds. The predicted octanol–water partition coefficient (Wildman–Crippen LogP) is 0.625. The number of methoxy groups -OCH3 is 1. The molecule has 3 heterocycles. The average Bonchev–Trinajstić information content (AvgIpc) is 3.34. The quantitative estimate of drug-likeness (QED) is 0.153. The van der Waals surface area contributed by atoms with E-state index in [-0.39, 0.29) is 49.0 Å². The van der Waals surface area contributed by atoms with Crippen LogP contribution < -0.4 is 16.2 Å². The number of nitrogen functional groups attached to an aromatic ring is 1. The highest BCUT2D eigenvalue weighted by atomic mass is 16.5. The van der Waals surface area contributed by atoms with E-state index in [0.717, 1.165) is 50.1 Å². The molecule has 0 spiro atoms. The Morgan fingerprint density at radius 1 is 1.05 bits per heavy atom. The Balaban J connectivity index is 1.45. The number of aromatic nitrogens is 4. The van der Waals surface area contributed by atoms with E-state index in [2.05, 4.69) is 31.7 Å². The first-order chi connectivity index (χ1) is 21.3. The fourth-order valence-electron chi connectivity index (χ4n) is 5.15. The van der Waals surface area contributed by atoms with Crippen LogP contribution in [0.3, 0.4) is 0 Å². The Morgan fingerprint density at radius 3 is 2.43 bits per heavy atom. The molecule has 1 aliphatic rings. The van der Waals surface area contributed by atoms with Crippen molar-refractivity contribution < 1.29 is 24.2 Å². The van der Waals surface area contributed by atoms with E-state index >= 15 is 0 Å². The third-order valence-electron chi connectivity index (χ3n) is 7.73. The largest absolute Gasteiger partial charge is 0.469 e. The lowest BCUT2D eigenvalue weighted by molar-refractivity contribution is -0.139. The van der Waals surface area contributed by atoms with E-state index in [4.69, 9.17) is 15.2 Å². The van der Waals surface area contributed by atoms with Crippen LogP contribution in [0.5, 0.6) is 6.01 Å². The third-order valence-corrected chi connectivity index (χ3v) is 7.73. The van der Waals surface area contributed by atoms with Crippen molar-refractivity contribution in [1.29, 1.82) is 0 Å². The van der Waals surface area contributed by atoms with E-state index in [1.165, 1.54) is 11.7 Å². The first kappa shape index (κ1) is 32.9.